The average Bonchev–Trinajstić information content (AvgIpc) is 2.33. The number of halogens is 2. The Hall–Kier alpha value is -0.410. The predicted molar refractivity (Wildman–Crippen MR) is 74.7 cm³/mol. The minimum atomic E-state index is -0.180. The maximum atomic E-state index is 13.4. The Morgan fingerprint density at radius 1 is 1.41 bits per heavy atom. The van der Waals surface area contributed by atoms with Crippen LogP contribution in [0, 0.1) is 11.7 Å². The lowest BCUT2D eigenvalue weighted by Crippen LogP contribution is -2.29. The van der Waals surface area contributed by atoms with E-state index in [0.29, 0.717) is 16.4 Å². The minimum Gasteiger partial charge on any atom is -0.317 e. The van der Waals surface area contributed by atoms with Crippen molar-refractivity contribution in [3.8, 4) is 0 Å². The van der Waals surface area contributed by atoms with Crippen LogP contribution in [0.5, 0.6) is 0 Å². The summed E-state index contributed by atoms with van der Waals surface area (Å²) in [5, 5.41) is 3.32. The van der Waals surface area contributed by atoms with Gasteiger partial charge in [-0.2, -0.15) is 0 Å². The van der Waals surface area contributed by atoms with Crippen molar-refractivity contribution < 1.29 is 4.39 Å². The van der Waals surface area contributed by atoms with E-state index in [1.54, 1.807) is 6.07 Å². The van der Waals surface area contributed by atoms with Gasteiger partial charge in [-0.25, -0.2) is 4.39 Å². The summed E-state index contributed by atoms with van der Waals surface area (Å²) in [6, 6.07) is 5.64. The Bertz CT molecular complexity index is 354. The van der Waals surface area contributed by atoms with Gasteiger partial charge in [0.2, 0.25) is 0 Å². The van der Waals surface area contributed by atoms with Crippen LogP contribution in [0.4, 0.5) is 4.39 Å². The molecule has 0 saturated carbocycles. The molecular weight excluding hydrogens is 281 g/mol. The smallest absolute Gasteiger partial charge is 0.137 e. The van der Waals surface area contributed by atoms with Gasteiger partial charge < -0.3 is 5.32 Å². The fourth-order valence-corrected chi connectivity index (χ4v) is 2.35. The molecule has 0 radical (unpaired) electrons. The molecule has 2 unspecified atom stereocenters. The molecule has 1 nitrogen and oxygen atoms in total. The van der Waals surface area contributed by atoms with Gasteiger partial charge in [-0.3, -0.25) is 0 Å². The number of rotatable bonds is 6. The summed E-state index contributed by atoms with van der Waals surface area (Å²) in [7, 11) is 1.97. The van der Waals surface area contributed by atoms with E-state index in [9.17, 15) is 4.39 Å². The highest BCUT2D eigenvalue weighted by atomic mass is 79.9. The molecule has 1 N–H and O–H groups in total. The molecule has 0 aliphatic carbocycles. The second kappa shape index (κ2) is 7.12. The highest BCUT2D eigenvalue weighted by molar-refractivity contribution is 9.10. The Morgan fingerprint density at radius 2 is 2.12 bits per heavy atom. The van der Waals surface area contributed by atoms with E-state index in [0.717, 1.165) is 18.4 Å². The van der Waals surface area contributed by atoms with E-state index < -0.39 is 0 Å². The fourth-order valence-electron chi connectivity index (χ4n) is 1.93. The molecule has 0 amide bonds. The average molecular weight is 302 g/mol. The predicted octanol–water partition coefficient (Wildman–Crippen LogP) is 4.15. The first kappa shape index (κ1) is 14.7. The van der Waals surface area contributed by atoms with Crippen LogP contribution < -0.4 is 5.32 Å². The van der Waals surface area contributed by atoms with Crippen LogP contribution in [0.1, 0.15) is 32.3 Å². The quantitative estimate of drug-likeness (QED) is 0.832. The van der Waals surface area contributed by atoms with Crippen molar-refractivity contribution in [2.24, 2.45) is 5.92 Å². The summed E-state index contributed by atoms with van der Waals surface area (Å²) in [6.07, 6.45) is 3.16. The van der Waals surface area contributed by atoms with Crippen molar-refractivity contribution in [1.82, 2.24) is 5.32 Å². The molecule has 0 aromatic heterocycles. The summed E-state index contributed by atoms with van der Waals surface area (Å²) in [4.78, 5) is 0. The van der Waals surface area contributed by atoms with Crippen LogP contribution in [0.25, 0.3) is 0 Å². The lowest BCUT2D eigenvalue weighted by Gasteiger charge is -2.20. The fraction of sp³-hybridized carbons (Fsp3) is 0.571. The molecule has 17 heavy (non-hydrogen) atoms. The molecule has 1 aromatic carbocycles. The molecule has 96 valence electrons. The first-order valence-electron chi connectivity index (χ1n) is 6.18. The second-order valence-electron chi connectivity index (χ2n) is 4.65. The zero-order valence-corrected chi connectivity index (χ0v) is 12.3. The highest BCUT2D eigenvalue weighted by Gasteiger charge is 2.14. The molecule has 2 atom stereocenters. The maximum Gasteiger partial charge on any atom is 0.137 e. The van der Waals surface area contributed by atoms with Crippen molar-refractivity contribution in [3.63, 3.8) is 0 Å². The number of likely N-dealkylation sites (N-methyl/N-ethyl adjacent to an activating group) is 1. The van der Waals surface area contributed by atoms with E-state index in [4.69, 9.17) is 0 Å². The summed E-state index contributed by atoms with van der Waals surface area (Å²) < 4.78 is 14.0. The number of benzene rings is 1. The molecule has 0 bridgehead atoms. The SMILES string of the molecule is CCC(C)CC(Cc1cccc(F)c1Br)NC. The van der Waals surface area contributed by atoms with Crippen LogP contribution >= 0.6 is 15.9 Å². The van der Waals surface area contributed by atoms with Gasteiger partial charge in [0.25, 0.3) is 0 Å². The summed E-state index contributed by atoms with van der Waals surface area (Å²) in [6.45, 7) is 4.46. The topological polar surface area (TPSA) is 12.0 Å². The normalized spacial score (nSPS) is 14.6. The molecule has 0 heterocycles. The first-order valence-corrected chi connectivity index (χ1v) is 6.97. The van der Waals surface area contributed by atoms with Crippen LogP contribution in [-0.4, -0.2) is 13.1 Å². The second-order valence-corrected chi connectivity index (χ2v) is 5.44. The van der Waals surface area contributed by atoms with Gasteiger partial charge in [-0.05, 0) is 53.4 Å². The molecule has 0 fully saturated rings. The molecule has 1 rings (SSSR count). The summed E-state index contributed by atoms with van der Waals surface area (Å²) in [5.74, 6) is 0.515. The van der Waals surface area contributed by atoms with Gasteiger partial charge in [-0.1, -0.05) is 32.4 Å². The minimum absolute atomic E-state index is 0.180. The van der Waals surface area contributed by atoms with Crippen LogP contribution in [0.3, 0.4) is 0 Å². The molecule has 0 aliphatic rings. The largest absolute Gasteiger partial charge is 0.317 e. The van der Waals surface area contributed by atoms with Gasteiger partial charge in [0.1, 0.15) is 5.82 Å². The van der Waals surface area contributed by atoms with E-state index in [-0.39, 0.29) is 5.82 Å². The van der Waals surface area contributed by atoms with E-state index in [1.807, 2.05) is 13.1 Å². The van der Waals surface area contributed by atoms with Gasteiger partial charge in [0, 0.05) is 6.04 Å². The lowest BCUT2D eigenvalue weighted by atomic mass is 9.95. The molecule has 3 heteroatoms. The monoisotopic (exact) mass is 301 g/mol. The number of hydrogen-bond donors (Lipinski definition) is 1. The Morgan fingerprint density at radius 3 is 2.71 bits per heavy atom. The third kappa shape index (κ3) is 4.40. The summed E-state index contributed by atoms with van der Waals surface area (Å²) in [5.41, 5.74) is 1.03. The molecule has 0 saturated heterocycles. The molecule has 0 spiro atoms. The summed E-state index contributed by atoms with van der Waals surface area (Å²) >= 11 is 3.32. The van der Waals surface area contributed by atoms with Gasteiger partial charge in [0.15, 0.2) is 0 Å². The zero-order chi connectivity index (χ0) is 12.8. The first-order chi connectivity index (χ1) is 8.08. The van der Waals surface area contributed by atoms with E-state index in [1.165, 1.54) is 12.5 Å². The Kier molecular flexibility index (Phi) is 6.14. The molecule has 0 aliphatic heterocycles. The maximum absolute atomic E-state index is 13.4. The van der Waals surface area contributed by atoms with Crippen molar-refractivity contribution in [2.75, 3.05) is 7.05 Å². The van der Waals surface area contributed by atoms with Crippen LogP contribution in [-0.2, 0) is 6.42 Å². The van der Waals surface area contributed by atoms with Gasteiger partial charge in [-0.15, -0.1) is 0 Å². The number of hydrogen-bond acceptors (Lipinski definition) is 1. The third-order valence-corrected chi connectivity index (χ3v) is 4.18. The van der Waals surface area contributed by atoms with E-state index >= 15 is 0 Å². The van der Waals surface area contributed by atoms with Crippen molar-refractivity contribution >= 4 is 15.9 Å². The zero-order valence-electron chi connectivity index (χ0n) is 10.8. The standard InChI is InChI=1S/C14H21BrFN/c1-4-10(2)8-12(17-3)9-11-6-5-7-13(16)14(11)15/h5-7,10,12,17H,4,8-9H2,1-3H3. The van der Waals surface area contributed by atoms with Gasteiger partial charge >= 0.3 is 0 Å². The third-order valence-electron chi connectivity index (χ3n) is 3.29. The van der Waals surface area contributed by atoms with Crippen molar-refractivity contribution in [3.05, 3.63) is 34.1 Å². The molecule has 1 aromatic rings. The van der Waals surface area contributed by atoms with Crippen molar-refractivity contribution in [1.29, 1.82) is 0 Å². The van der Waals surface area contributed by atoms with Crippen molar-refractivity contribution in [2.45, 2.75) is 39.2 Å². The van der Waals surface area contributed by atoms with Crippen LogP contribution in [0.15, 0.2) is 22.7 Å². The molecular formula is C14H21BrFN. The van der Waals surface area contributed by atoms with E-state index in [2.05, 4.69) is 35.1 Å². The Balaban J connectivity index is 2.70. The number of nitrogens with one attached hydrogen (secondary N) is 1. The van der Waals surface area contributed by atoms with Gasteiger partial charge in [0.05, 0.1) is 4.47 Å². The lowest BCUT2D eigenvalue weighted by molar-refractivity contribution is 0.409. The highest BCUT2D eigenvalue weighted by Crippen LogP contribution is 2.23. The Labute approximate surface area is 112 Å². The van der Waals surface area contributed by atoms with Crippen LogP contribution in [0.2, 0.25) is 0 Å².